The van der Waals surface area contributed by atoms with Crippen LogP contribution in [0.15, 0.2) is 24.3 Å². The van der Waals surface area contributed by atoms with Gasteiger partial charge in [0.15, 0.2) is 0 Å². The van der Waals surface area contributed by atoms with Gasteiger partial charge in [-0.25, -0.2) is 0 Å². The van der Waals surface area contributed by atoms with Gasteiger partial charge in [0, 0.05) is 16.6 Å². The van der Waals surface area contributed by atoms with Crippen molar-refractivity contribution in [1.82, 2.24) is 5.32 Å². The molecule has 0 aliphatic rings. The monoisotopic (exact) mass is 360 g/mol. The number of thioether (sulfide) groups is 1. The Kier molecular flexibility index (Phi) is 9.23. The number of methoxy groups -OCH3 is 1. The highest BCUT2D eigenvalue weighted by Crippen LogP contribution is 2.12. The second-order valence-electron chi connectivity index (χ2n) is 5.06. The van der Waals surface area contributed by atoms with E-state index in [1.54, 1.807) is 7.11 Å². The zero-order valence-electron chi connectivity index (χ0n) is 13.4. The lowest BCUT2D eigenvalue weighted by molar-refractivity contribution is -0.123. The average Bonchev–Trinajstić information content (AvgIpc) is 2.54. The molecule has 3 atom stereocenters. The lowest BCUT2D eigenvalue weighted by atomic mass is 10.1. The third-order valence-electron chi connectivity index (χ3n) is 3.15. The molecule has 0 saturated carbocycles. The van der Waals surface area contributed by atoms with Gasteiger partial charge >= 0.3 is 0 Å². The minimum atomic E-state index is -1.09. The zero-order valence-corrected chi connectivity index (χ0v) is 15.0. The standard InChI is InChI=1S/C15H24N2O4S2/c1-21-13-5-3-11(4-6-13)7-14(16)15(19)17-12(8-18)9-23(20)10-22-2/h3-6,12,14,18H,7-10,16H2,1-2H3,(H,17,19)/t12-,14+,23?/m1/s1. The largest absolute Gasteiger partial charge is 0.497 e. The maximum atomic E-state index is 12.1. The topological polar surface area (TPSA) is 102 Å². The minimum absolute atomic E-state index is 0.221. The maximum Gasteiger partial charge on any atom is 0.237 e. The number of rotatable bonds is 10. The summed E-state index contributed by atoms with van der Waals surface area (Å²) in [5.41, 5.74) is 6.82. The number of hydrogen-bond donors (Lipinski definition) is 3. The molecule has 1 aromatic carbocycles. The Morgan fingerprint density at radius 3 is 2.61 bits per heavy atom. The van der Waals surface area contributed by atoms with Gasteiger partial charge in [0.25, 0.3) is 0 Å². The first-order valence-electron chi connectivity index (χ1n) is 7.13. The van der Waals surface area contributed by atoms with Gasteiger partial charge in [0.05, 0.1) is 30.9 Å². The summed E-state index contributed by atoms with van der Waals surface area (Å²) in [4.78, 5) is 12.1. The molecule has 4 N–H and O–H groups in total. The second kappa shape index (κ2) is 10.6. The first-order valence-corrected chi connectivity index (χ1v) is 10.0. The predicted octanol–water partition coefficient (Wildman–Crippen LogP) is 0.111. The van der Waals surface area contributed by atoms with Gasteiger partial charge in [-0.1, -0.05) is 12.1 Å². The minimum Gasteiger partial charge on any atom is -0.497 e. The van der Waals surface area contributed by atoms with Crippen molar-refractivity contribution in [1.29, 1.82) is 0 Å². The number of carbonyl (C=O) groups excluding carboxylic acids is 1. The van der Waals surface area contributed by atoms with Crippen LogP contribution in [0.3, 0.4) is 0 Å². The quantitative estimate of drug-likeness (QED) is 0.547. The Morgan fingerprint density at radius 2 is 2.09 bits per heavy atom. The number of nitrogens with two attached hydrogens (primary N) is 1. The van der Waals surface area contributed by atoms with Crippen LogP contribution in [0.4, 0.5) is 0 Å². The van der Waals surface area contributed by atoms with Crippen LogP contribution in [0, 0.1) is 0 Å². The highest BCUT2D eigenvalue weighted by atomic mass is 32.2. The van der Waals surface area contributed by atoms with Crippen molar-refractivity contribution in [3.05, 3.63) is 29.8 Å². The molecular formula is C15H24N2O4S2. The Bertz CT molecular complexity index is 511. The Labute approximate surface area is 143 Å². The van der Waals surface area contributed by atoms with Gasteiger partial charge in [-0.3, -0.25) is 9.00 Å². The molecule has 0 bridgehead atoms. The van der Waals surface area contributed by atoms with Crippen molar-refractivity contribution in [2.45, 2.75) is 18.5 Å². The van der Waals surface area contributed by atoms with Gasteiger partial charge in [-0.15, -0.1) is 0 Å². The van der Waals surface area contributed by atoms with Crippen LogP contribution in [-0.2, 0) is 22.0 Å². The number of ether oxygens (including phenoxy) is 1. The summed E-state index contributed by atoms with van der Waals surface area (Å²) in [7, 11) is 0.500. The molecule has 1 amide bonds. The van der Waals surface area contributed by atoms with Crippen LogP contribution < -0.4 is 15.8 Å². The number of aliphatic hydroxyl groups excluding tert-OH is 1. The summed E-state index contributed by atoms with van der Waals surface area (Å²) < 4.78 is 16.8. The van der Waals surface area contributed by atoms with E-state index in [-0.39, 0.29) is 18.3 Å². The third kappa shape index (κ3) is 7.34. The zero-order chi connectivity index (χ0) is 17.2. The molecule has 0 aliphatic heterocycles. The van der Waals surface area contributed by atoms with Crippen molar-refractivity contribution >= 4 is 28.5 Å². The number of amides is 1. The van der Waals surface area contributed by atoms with E-state index in [2.05, 4.69) is 5.32 Å². The lowest BCUT2D eigenvalue weighted by Crippen LogP contribution is -2.49. The first kappa shape index (κ1) is 20.0. The lowest BCUT2D eigenvalue weighted by Gasteiger charge is -2.19. The van der Waals surface area contributed by atoms with Crippen molar-refractivity contribution in [3.8, 4) is 5.75 Å². The fourth-order valence-electron chi connectivity index (χ4n) is 1.96. The van der Waals surface area contributed by atoms with E-state index >= 15 is 0 Å². The predicted molar refractivity (Wildman–Crippen MR) is 95.1 cm³/mol. The second-order valence-corrected chi connectivity index (χ2v) is 7.79. The van der Waals surface area contributed by atoms with Crippen LogP contribution >= 0.6 is 11.8 Å². The van der Waals surface area contributed by atoms with Gasteiger partial charge in [0.2, 0.25) is 5.91 Å². The van der Waals surface area contributed by atoms with Gasteiger partial charge in [-0.2, -0.15) is 11.8 Å². The molecule has 6 nitrogen and oxygen atoms in total. The van der Waals surface area contributed by atoms with Crippen LogP contribution in [0.5, 0.6) is 5.75 Å². The summed E-state index contributed by atoms with van der Waals surface area (Å²) in [5, 5.41) is 12.4. The van der Waals surface area contributed by atoms with E-state index < -0.39 is 22.9 Å². The van der Waals surface area contributed by atoms with Crippen LogP contribution in [0.2, 0.25) is 0 Å². The van der Waals surface area contributed by atoms with E-state index in [1.165, 1.54) is 11.8 Å². The summed E-state index contributed by atoms with van der Waals surface area (Å²) >= 11 is 1.46. The maximum absolute atomic E-state index is 12.1. The molecule has 0 saturated heterocycles. The first-order chi connectivity index (χ1) is 11.0. The Hall–Kier alpha value is -1.09. The normalized spacial score (nSPS) is 14.8. The van der Waals surface area contributed by atoms with E-state index in [4.69, 9.17) is 10.5 Å². The SMILES string of the molecule is COc1ccc(C[C@H](N)C(=O)N[C@H](CO)CS(=O)CSC)cc1. The highest BCUT2D eigenvalue weighted by molar-refractivity contribution is 8.09. The Balaban J connectivity index is 2.52. The van der Waals surface area contributed by atoms with Crippen molar-refractivity contribution in [2.75, 3.05) is 30.8 Å². The molecule has 0 radical (unpaired) electrons. The van der Waals surface area contributed by atoms with Gasteiger partial charge in [0.1, 0.15) is 5.75 Å². The average molecular weight is 361 g/mol. The molecule has 8 heteroatoms. The molecule has 0 spiro atoms. The van der Waals surface area contributed by atoms with Gasteiger partial charge < -0.3 is 20.9 Å². The Morgan fingerprint density at radius 1 is 1.43 bits per heavy atom. The van der Waals surface area contributed by atoms with E-state index in [1.807, 2.05) is 30.5 Å². The fourth-order valence-corrected chi connectivity index (χ4v) is 4.03. The van der Waals surface area contributed by atoms with Crippen LogP contribution in [0.1, 0.15) is 5.56 Å². The summed E-state index contributed by atoms with van der Waals surface area (Å²) in [6, 6.07) is 6.04. The number of benzene rings is 1. The number of nitrogens with one attached hydrogen (secondary N) is 1. The van der Waals surface area contributed by atoms with E-state index in [9.17, 15) is 14.1 Å². The molecule has 130 valence electrons. The molecule has 1 aromatic rings. The van der Waals surface area contributed by atoms with Crippen LogP contribution in [-0.4, -0.2) is 58.1 Å². The molecule has 0 aliphatic carbocycles. The van der Waals surface area contributed by atoms with Gasteiger partial charge in [-0.05, 0) is 30.4 Å². The van der Waals surface area contributed by atoms with Crippen molar-refractivity contribution in [3.63, 3.8) is 0 Å². The van der Waals surface area contributed by atoms with Crippen molar-refractivity contribution in [2.24, 2.45) is 5.73 Å². The van der Waals surface area contributed by atoms with Crippen LogP contribution in [0.25, 0.3) is 0 Å². The molecule has 1 unspecified atom stereocenters. The molecule has 0 aromatic heterocycles. The third-order valence-corrected chi connectivity index (χ3v) is 5.92. The fraction of sp³-hybridized carbons (Fsp3) is 0.533. The molecule has 23 heavy (non-hydrogen) atoms. The number of carbonyl (C=O) groups is 1. The number of aliphatic hydroxyl groups is 1. The summed E-state index contributed by atoms with van der Waals surface area (Å²) in [6.45, 7) is -0.263. The smallest absolute Gasteiger partial charge is 0.237 e. The molecule has 0 heterocycles. The number of hydrogen-bond acceptors (Lipinski definition) is 6. The van der Waals surface area contributed by atoms with E-state index in [0.717, 1.165) is 11.3 Å². The molecule has 1 rings (SSSR count). The summed E-state index contributed by atoms with van der Waals surface area (Å²) in [5.74, 6) is 0.600. The summed E-state index contributed by atoms with van der Waals surface area (Å²) in [6.07, 6.45) is 2.23. The van der Waals surface area contributed by atoms with E-state index in [0.29, 0.717) is 11.5 Å². The van der Waals surface area contributed by atoms with Crippen molar-refractivity contribution < 1.29 is 18.8 Å². The molecule has 0 fully saturated rings. The highest BCUT2D eigenvalue weighted by Gasteiger charge is 2.19. The molecular weight excluding hydrogens is 336 g/mol.